The summed E-state index contributed by atoms with van der Waals surface area (Å²) in [5, 5.41) is 13.5. The maximum Gasteiger partial charge on any atom is 0.256 e. The van der Waals surface area contributed by atoms with E-state index in [1.165, 1.54) is 23.1 Å². The van der Waals surface area contributed by atoms with Gasteiger partial charge in [0.15, 0.2) is 11.6 Å². The Kier molecular flexibility index (Phi) is 6.19. The van der Waals surface area contributed by atoms with Crippen molar-refractivity contribution in [3.05, 3.63) is 56.9 Å². The van der Waals surface area contributed by atoms with Crippen molar-refractivity contribution in [2.24, 2.45) is 0 Å². The van der Waals surface area contributed by atoms with Gasteiger partial charge >= 0.3 is 0 Å². The van der Waals surface area contributed by atoms with Gasteiger partial charge in [0.1, 0.15) is 11.4 Å². The minimum atomic E-state index is -1.26. The second kappa shape index (κ2) is 8.59. The van der Waals surface area contributed by atoms with Crippen molar-refractivity contribution in [3.8, 4) is 0 Å². The van der Waals surface area contributed by atoms with Gasteiger partial charge in [-0.1, -0.05) is 6.92 Å². The van der Waals surface area contributed by atoms with E-state index in [1.54, 1.807) is 6.07 Å². The normalized spacial score (nSPS) is 20.6. The molecule has 2 aliphatic heterocycles. The zero-order chi connectivity index (χ0) is 22.3. The van der Waals surface area contributed by atoms with E-state index in [1.807, 2.05) is 29.5 Å². The standard InChI is InChI=1S/C22H23F3IN3O2/c1-2-28-9-3-4-18(28)22(31)11-29(12-22)21(30)14-6-7-15(23)19(25)20(14)27-17-8-5-13(26)10-16(17)24/h5-8,10,18,27,31H,2-4,9,11-12H2,1H3. The van der Waals surface area contributed by atoms with Crippen LogP contribution in [0.25, 0.3) is 0 Å². The van der Waals surface area contributed by atoms with E-state index < -0.39 is 34.6 Å². The summed E-state index contributed by atoms with van der Waals surface area (Å²) in [5.41, 5.74) is -1.62. The maximum absolute atomic E-state index is 14.6. The molecule has 0 spiro atoms. The molecule has 0 aromatic heterocycles. The molecule has 1 amide bonds. The SMILES string of the molecule is CCN1CCCC1C1(O)CN(C(=O)c2ccc(F)c(F)c2Nc2ccc(I)cc2F)C1. The second-order valence-electron chi connectivity index (χ2n) is 8.08. The van der Waals surface area contributed by atoms with Gasteiger partial charge in [-0.2, -0.15) is 0 Å². The second-order valence-corrected chi connectivity index (χ2v) is 9.33. The molecule has 1 atom stereocenters. The van der Waals surface area contributed by atoms with Crippen molar-refractivity contribution < 1.29 is 23.1 Å². The lowest BCUT2D eigenvalue weighted by molar-refractivity contribution is -0.123. The maximum atomic E-state index is 14.6. The molecule has 2 aromatic carbocycles. The van der Waals surface area contributed by atoms with E-state index in [0.717, 1.165) is 32.0 Å². The Morgan fingerprint density at radius 2 is 1.97 bits per heavy atom. The number of halogens is 4. The minimum Gasteiger partial charge on any atom is -0.385 e. The fourth-order valence-corrected chi connectivity index (χ4v) is 4.98. The molecular weight excluding hydrogens is 522 g/mol. The molecule has 0 aliphatic carbocycles. The molecule has 0 saturated carbocycles. The number of likely N-dealkylation sites (N-methyl/N-ethyl adjacent to an activating group) is 1. The van der Waals surface area contributed by atoms with Crippen LogP contribution in [0.1, 0.15) is 30.1 Å². The van der Waals surface area contributed by atoms with Crippen LogP contribution in [-0.2, 0) is 0 Å². The Morgan fingerprint density at radius 1 is 1.23 bits per heavy atom. The van der Waals surface area contributed by atoms with Crippen LogP contribution >= 0.6 is 22.6 Å². The molecule has 2 saturated heterocycles. The van der Waals surface area contributed by atoms with E-state index >= 15 is 0 Å². The molecule has 2 heterocycles. The number of nitrogens with zero attached hydrogens (tertiary/aromatic N) is 2. The van der Waals surface area contributed by atoms with Crippen molar-refractivity contribution in [2.45, 2.75) is 31.4 Å². The van der Waals surface area contributed by atoms with E-state index in [4.69, 9.17) is 0 Å². The molecule has 0 bridgehead atoms. The van der Waals surface area contributed by atoms with Crippen molar-refractivity contribution in [1.82, 2.24) is 9.80 Å². The van der Waals surface area contributed by atoms with Gasteiger partial charge in [0.05, 0.1) is 30.0 Å². The number of amides is 1. The molecular formula is C22H23F3IN3O2. The highest BCUT2D eigenvalue weighted by atomic mass is 127. The summed E-state index contributed by atoms with van der Waals surface area (Å²) < 4.78 is 43.4. The third-order valence-corrected chi connectivity index (χ3v) is 6.79. The first-order chi connectivity index (χ1) is 14.7. The molecule has 166 valence electrons. The van der Waals surface area contributed by atoms with Gasteiger partial charge in [0.25, 0.3) is 5.91 Å². The molecule has 1 unspecified atom stereocenters. The Labute approximate surface area is 192 Å². The summed E-state index contributed by atoms with van der Waals surface area (Å²) in [4.78, 5) is 16.7. The zero-order valence-electron chi connectivity index (χ0n) is 17.0. The highest BCUT2D eigenvalue weighted by Gasteiger charge is 2.52. The summed E-state index contributed by atoms with van der Waals surface area (Å²) >= 11 is 1.94. The summed E-state index contributed by atoms with van der Waals surface area (Å²) in [6.07, 6.45) is 1.85. The first kappa shape index (κ1) is 22.3. The lowest BCUT2D eigenvalue weighted by Crippen LogP contribution is -2.70. The van der Waals surface area contributed by atoms with Gasteiger partial charge < -0.3 is 15.3 Å². The molecule has 31 heavy (non-hydrogen) atoms. The fourth-order valence-electron chi connectivity index (χ4n) is 4.53. The summed E-state index contributed by atoms with van der Waals surface area (Å²) in [5.74, 6) is -3.59. The number of carbonyl (C=O) groups excluding carboxylic acids is 1. The predicted molar refractivity (Wildman–Crippen MR) is 120 cm³/mol. The summed E-state index contributed by atoms with van der Waals surface area (Å²) in [6, 6.07) is 6.29. The van der Waals surface area contributed by atoms with E-state index in [-0.39, 0.29) is 30.4 Å². The average molecular weight is 545 g/mol. The van der Waals surface area contributed by atoms with Gasteiger partial charge in [-0.25, -0.2) is 13.2 Å². The quantitative estimate of drug-likeness (QED) is 0.556. The Bertz CT molecular complexity index is 1010. The number of benzene rings is 2. The number of aliphatic hydroxyl groups is 1. The van der Waals surface area contributed by atoms with Crippen molar-refractivity contribution in [2.75, 3.05) is 31.5 Å². The molecule has 9 heteroatoms. The molecule has 2 aromatic rings. The Morgan fingerprint density at radius 3 is 2.65 bits per heavy atom. The third kappa shape index (κ3) is 4.14. The number of β-amino-alcohol motifs (C(OH)–C–C–N with tert-alkyl or cyclic N) is 1. The number of hydrogen-bond donors (Lipinski definition) is 2. The van der Waals surface area contributed by atoms with E-state index in [9.17, 15) is 23.1 Å². The smallest absolute Gasteiger partial charge is 0.256 e. The van der Waals surface area contributed by atoms with Crippen LogP contribution in [0.15, 0.2) is 30.3 Å². The first-order valence-electron chi connectivity index (χ1n) is 10.2. The summed E-state index contributed by atoms with van der Waals surface area (Å²) in [6.45, 7) is 3.99. The Balaban J connectivity index is 1.57. The molecule has 2 N–H and O–H groups in total. The van der Waals surface area contributed by atoms with Crippen molar-refractivity contribution in [1.29, 1.82) is 0 Å². The van der Waals surface area contributed by atoms with Crippen LogP contribution in [0, 0.1) is 21.0 Å². The highest BCUT2D eigenvalue weighted by Crippen LogP contribution is 2.36. The Hall–Kier alpha value is -1.85. The molecule has 2 fully saturated rings. The first-order valence-corrected chi connectivity index (χ1v) is 11.3. The number of carbonyl (C=O) groups is 1. The zero-order valence-corrected chi connectivity index (χ0v) is 19.1. The topological polar surface area (TPSA) is 55.8 Å². The number of likely N-dealkylation sites (tertiary alicyclic amines) is 2. The summed E-state index contributed by atoms with van der Waals surface area (Å²) in [7, 11) is 0. The van der Waals surface area contributed by atoms with Crippen LogP contribution in [-0.4, -0.2) is 58.6 Å². The fraction of sp³-hybridized carbons (Fsp3) is 0.409. The van der Waals surface area contributed by atoms with Crippen molar-refractivity contribution in [3.63, 3.8) is 0 Å². The lowest BCUT2D eigenvalue weighted by Gasteiger charge is -2.51. The van der Waals surface area contributed by atoms with Crippen LogP contribution in [0.2, 0.25) is 0 Å². The van der Waals surface area contributed by atoms with Crippen LogP contribution < -0.4 is 5.32 Å². The molecule has 2 aliphatic rings. The van der Waals surface area contributed by atoms with Gasteiger partial charge in [-0.3, -0.25) is 9.69 Å². The number of nitrogens with one attached hydrogen (secondary N) is 1. The largest absolute Gasteiger partial charge is 0.385 e. The number of rotatable bonds is 5. The van der Waals surface area contributed by atoms with Gasteiger partial charge in [0.2, 0.25) is 0 Å². The predicted octanol–water partition coefficient (Wildman–Crippen LogP) is 4.12. The van der Waals surface area contributed by atoms with Gasteiger partial charge in [-0.05, 0) is 78.9 Å². The van der Waals surface area contributed by atoms with Crippen LogP contribution in [0.4, 0.5) is 24.5 Å². The van der Waals surface area contributed by atoms with Crippen LogP contribution in [0.5, 0.6) is 0 Å². The lowest BCUT2D eigenvalue weighted by atomic mass is 9.84. The van der Waals surface area contributed by atoms with E-state index in [0.29, 0.717) is 3.57 Å². The number of hydrogen-bond acceptors (Lipinski definition) is 4. The average Bonchev–Trinajstić information content (AvgIpc) is 3.20. The number of anilines is 2. The third-order valence-electron chi connectivity index (χ3n) is 6.12. The highest BCUT2D eigenvalue weighted by molar-refractivity contribution is 14.1. The van der Waals surface area contributed by atoms with Crippen LogP contribution in [0.3, 0.4) is 0 Å². The molecule has 4 rings (SSSR count). The minimum absolute atomic E-state index is 0.0232. The molecule has 0 radical (unpaired) electrons. The van der Waals surface area contributed by atoms with Crippen molar-refractivity contribution >= 4 is 39.9 Å². The monoisotopic (exact) mass is 545 g/mol. The van der Waals surface area contributed by atoms with Gasteiger partial charge in [-0.15, -0.1) is 0 Å². The van der Waals surface area contributed by atoms with E-state index in [2.05, 4.69) is 10.2 Å². The molecule has 5 nitrogen and oxygen atoms in total. The van der Waals surface area contributed by atoms with Gasteiger partial charge in [0, 0.05) is 9.61 Å².